The van der Waals surface area contributed by atoms with Gasteiger partial charge in [0.05, 0.1) is 12.2 Å². The minimum Gasteiger partial charge on any atom is -0.478 e. The molecule has 0 bridgehead atoms. The summed E-state index contributed by atoms with van der Waals surface area (Å²) in [4.78, 5) is 42.6. The number of carboxylic acids is 1. The first-order valence-corrected chi connectivity index (χ1v) is 6.37. The Morgan fingerprint density at radius 2 is 2.14 bits per heavy atom. The summed E-state index contributed by atoms with van der Waals surface area (Å²) in [7, 11) is 0. The van der Waals surface area contributed by atoms with Gasteiger partial charge in [-0.2, -0.15) is 0 Å². The van der Waals surface area contributed by atoms with Crippen LogP contribution < -0.4 is 11.2 Å². The van der Waals surface area contributed by atoms with E-state index in [0.29, 0.717) is 6.54 Å². The number of aromatic nitrogens is 4. The maximum atomic E-state index is 12.2. The number of rotatable bonds is 5. The summed E-state index contributed by atoms with van der Waals surface area (Å²) >= 11 is 0. The summed E-state index contributed by atoms with van der Waals surface area (Å²) < 4.78 is 2.37. The Balaban J connectivity index is 2.50. The zero-order chi connectivity index (χ0) is 15.4. The molecule has 8 heteroatoms. The zero-order valence-corrected chi connectivity index (χ0v) is 11.4. The normalized spacial score (nSPS) is 10.5. The average Bonchev–Trinajstić information content (AvgIpc) is 2.47. The highest BCUT2D eigenvalue weighted by atomic mass is 16.4. The van der Waals surface area contributed by atoms with E-state index in [-0.39, 0.29) is 17.8 Å². The standard InChI is InChI=1S/C13H14N4O4/c1-2-4-16-5-3-11(18)17(13(16)21)7-10-9(12(19)20)6-14-8-15-10/h3,5-6,8H,2,4,7H2,1H3,(H,19,20). The molecule has 0 aliphatic rings. The van der Waals surface area contributed by atoms with Crippen LogP contribution in [0, 0.1) is 0 Å². The molecule has 2 heterocycles. The van der Waals surface area contributed by atoms with Crippen LogP contribution in [0.5, 0.6) is 0 Å². The Kier molecular flexibility index (Phi) is 4.27. The predicted octanol–water partition coefficient (Wildman–Crippen LogP) is -0.0435. The molecule has 0 unspecified atom stereocenters. The van der Waals surface area contributed by atoms with E-state index in [1.807, 2.05) is 6.92 Å². The molecule has 8 nitrogen and oxygen atoms in total. The SMILES string of the molecule is CCCn1ccc(=O)n(Cc2ncncc2C(=O)O)c1=O. The lowest BCUT2D eigenvalue weighted by Gasteiger charge is -2.09. The molecule has 1 N–H and O–H groups in total. The monoisotopic (exact) mass is 290 g/mol. The average molecular weight is 290 g/mol. The van der Waals surface area contributed by atoms with Crippen LogP contribution in [0.25, 0.3) is 0 Å². The smallest absolute Gasteiger partial charge is 0.339 e. The van der Waals surface area contributed by atoms with Crippen molar-refractivity contribution >= 4 is 5.97 Å². The van der Waals surface area contributed by atoms with Crippen molar-refractivity contribution in [2.45, 2.75) is 26.4 Å². The summed E-state index contributed by atoms with van der Waals surface area (Å²) in [5.74, 6) is -1.21. The number of carbonyl (C=O) groups is 1. The van der Waals surface area contributed by atoms with Crippen LogP contribution >= 0.6 is 0 Å². The quantitative estimate of drug-likeness (QED) is 0.827. The zero-order valence-electron chi connectivity index (χ0n) is 11.4. The number of carboxylic acid groups (broad SMARTS) is 1. The molecule has 2 rings (SSSR count). The second-order valence-corrected chi connectivity index (χ2v) is 4.40. The van der Waals surface area contributed by atoms with Gasteiger partial charge in [0.2, 0.25) is 0 Å². The number of nitrogens with zero attached hydrogens (tertiary/aromatic N) is 4. The minimum absolute atomic E-state index is 0.117. The second kappa shape index (κ2) is 6.12. The molecule has 0 atom stereocenters. The highest BCUT2D eigenvalue weighted by molar-refractivity contribution is 5.88. The Morgan fingerprint density at radius 3 is 2.81 bits per heavy atom. The van der Waals surface area contributed by atoms with Crippen molar-refractivity contribution in [2.75, 3.05) is 0 Å². The van der Waals surface area contributed by atoms with Crippen LogP contribution in [0.3, 0.4) is 0 Å². The van der Waals surface area contributed by atoms with Crippen molar-refractivity contribution in [3.8, 4) is 0 Å². The maximum Gasteiger partial charge on any atom is 0.339 e. The lowest BCUT2D eigenvalue weighted by Crippen LogP contribution is -2.39. The predicted molar refractivity (Wildman–Crippen MR) is 73.3 cm³/mol. The Labute approximate surface area is 119 Å². The Morgan fingerprint density at radius 1 is 1.38 bits per heavy atom. The molecule has 0 saturated carbocycles. The van der Waals surface area contributed by atoms with Crippen molar-refractivity contribution in [2.24, 2.45) is 0 Å². The third kappa shape index (κ3) is 3.04. The Hall–Kier alpha value is -2.77. The van der Waals surface area contributed by atoms with Gasteiger partial charge in [-0.25, -0.2) is 19.6 Å². The minimum atomic E-state index is -1.21. The van der Waals surface area contributed by atoms with E-state index < -0.39 is 17.2 Å². The number of hydrogen-bond donors (Lipinski definition) is 1. The van der Waals surface area contributed by atoms with Crippen LogP contribution in [-0.2, 0) is 13.1 Å². The van der Waals surface area contributed by atoms with Gasteiger partial charge in [0.25, 0.3) is 5.56 Å². The van der Waals surface area contributed by atoms with Crippen LogP contribution in [0.4, 0.5) is 0 Å². The summed E-state index contributed by atoms with van der Waals surface area (Å²) in [6.07, 6.45) is 4.50. The van der Waals surface area contributed by atoms with Gasteiger partial charge in [0.1, 0.15) is 11.9 Å². The highest BCUT2D eigenvalue weighted by Gasteiger charge is 2.14. The number of aryl methyl sites for hydroxylation is 1. The number of hydrogen-bond acceptors (Lipinski definition) is 5. The largest absolute Gasteiger partial charge is 0.478 e. The van der Waals surface area contributed by atoms with E-state index in [1.165, 1.54) is 23.2 Å². The fourth-order valence-corrected chi connectivity index (χ4v) is 1.92. The molecule has 0 radical (unpaired) electrons. The maximum absolute atomic E-state index is 12.2. The van der Waals surface area contributed by atoms with Crippen molar-refractivity contribution in [1.82, 2.24) is 19.1 Å². The molecule has 0 aliphatic carbocycles. The molecule has 0 aliphatic heterocycles. The van der Waals surface area contributed by atoms with Gasteiger partial charge in [0, 0.05) is 25.0 Å². The fourth-order valence-electron chi connectivity index (χ4n) is 1.92. The van der Waals surface area contributed by atoms with Gasteiger partial charge in [-0.15, -0.1) is 0 Å². The molecular weight excluding hydrogens is 276 g/mol. The molecule has 0 amide bonds. The number of aromatic carboxylic acids is 1. The summed E-state index contributed by atoms with van der Waals surface area (Å²) in [5.41, 5.74) is -0.998. The van der Waals surface area contributed by atoms with Crippen molar-refractivity contribution < 1.29 is 9.90 Å². The van der Waals surface area contributed by atoms with Crippen molar-refractivity contribution in [3.05, 3.63) is 56.9 Å². The third-order valence-electron chi connectivity index (χ3n) is 2.94. The Bertz CT molecular complexity index is 778. The van der Waals surface area contributed by atoms with Crippen molar-refractivity contribution in [3.63, 3.8) is 0 Å². The topological polar surface area (TPSA) is 107 Å². The van der Waals surface area contributed by atoms with Crippen LogP contribution in [0.2, 0.25) is 0 Å². The molecule has 110 valence electrons. The van der Waals surface area contributed by atoms with E-state index in [2.05, 4.69) is 9.97 Å². The molecule has 2 aromatic heterocycles. The van der Waals surface area contributed by atoms with Gasteiger partial charge >= 0.3 is 11.7 Å². The van der Waals surface area contributed by atoms with Crippen LogP contribution in [0.1, 0.15) is 29.4 Å². The first-order valence-electron chi connectivity index (χ1n) is 6.37. The van der Waals surface area contributed by atoms with Crippen LogP contribution in [-0.4, -0.2) is 30.2 Å². The van der Waals surface area contributed by atoms with Gasteiger partial charge in [-0.3, -0.25) is 9.36 Å². The summed E-state index contributed by atoms with van der Waals surface area (Å²) in [6.45, 7) is 2.19. The molecule has 21 heavy (non-hydrogen) atoms. The fraction of sp³-hybridized carbons (Fsp3) is 0.308. The van der Waals surface area contributed by atoms with E-state index in [9.17, 15) is 14.4 Å². The molecule has 0 aromatic carbocycles. The van der Waals surface area contributed by atoms with E-state index in [0.717, 1.165) is 17.2 Å². The van der Waals surface area contributed by atoms with Gasteiger partial charge in [-0.05, 0) is 6.42 Å². The van der Waals surface area contributed by atoms with E-state index in [4.69, 9.17) is 5.11 Å². The lowest BCUT2D eigenvalue weighted by molar-refractivity contribution is 0.0694. The molecule has 2 aromatic rings. The van der Waals surface area contributed by atoms with Gasteiger partial charge in [0.15, 0.2) is 0 Å². The van der Waals surface area contributed by atoms with Crippen LogP contribution in [0.15, 0.2) is 34.4 Å². The second-order valence-electron chi connectivity index (χ2n) is 4.40. The van der Waals surface area contributed by atoms with Crippen molar-refractivity contribution in [1.29, 1.82) is 0 Å². The first kappa shape index (κ1) is 14.6. The van der Waals surface area contributed by atoms with Gasteiger partial charge in [-0.1, -0.05) is 6.92 Å². The third-order valence-corrected chi connectivity index (χ3v) is 2.94. The lowest BCUT2D eigenvalue weighted by atomic mass is 10.2. The summed E-state index contributed by atoms with van der Waals surface area (Å²) in [6, 6.07) is 1.28. The molecule has 0 saturated heterocycles. The molecule has 0 spiro atoms. The van der Waals surface area contributed by atoms with E-state index in [1.54, 1.807) is 0 Å². The molecular formula is C13H14N4O4. The molecule has 0 fully saturated rings. The van der Waals surface area contributed by atoms with E-state index >= 15 is 0 Å². The first-order chi connectivity index (χ1) is 10.0. The summed E-state index contributed by atoms with van der Waals surface area (Å²) in [5, 5.41) is 9.07. The highest BCUT2D eigenvalue weighted by Crippen LogP contribution is 2.04. The van der Waals surface area contributed by atoms with Gasteiger partial charge < -0.3 is 9.67 Å².